The molecular formula is C19H34N2. The molecule has 0 aliphatic carbocycles. The third-order valence-corrected chi connectivity index (χ3v) is 4.24. The molecule has 1 atom stereocenters. The third kappa shape index (κ3) is 8.23. The zero-order valence-electron chi connectivity index (χ0n) is 14.1. The van der Waals surface area contributed by atoms with Crippen LogP contribution < -0.4 is 5.73 Å². The average molecular weight is 290 g/mol. The fraction of sp³-hybridized carbons (Fsp3) is 0.684. The van der Waals surface area contributed by atoms with Gasteiger partial charge in [-0.2, -0.15) is 0 Å². The number of nitrogens with two attached hydrogens (primary N) is 1. The number of hydrogen-bond donors (Lipinski definition) is 1. The largest absolute Gasteiger partial charge is 0.324 e. The van der Waals surface area contributed by atoms with Crippen LogP contribution in [0, 0.1) is 0 Å². The van der Waals surface area contributed by atoms with Crippen molar-refractivity contribution in [2.45, 2.75) is 64.8 Å². The van der Waals surface area contributed by atoms with Crippen LogP contribution in [0.15, 0.2) is 30.3 Å². The van der Waals surface area contributed by atoms with Crippen LogP contribution in [0.3, 0.4) is 0 Å². The van der Waals surface area contributed by atoms with E-state index < -0.39 is 0 Å². The van der Waals surface area contributed by atoms with Crippen molar-refractivity contribution >= 4 is 0 Å². The highest BCUT2D eigenvalue weighted by molar-refractivity contribution is 5.18. The molecule has 0 fully saturated rings. The summed E-state index contributed by atoms with van der Waals surface area (Å²) in [5, 5.41) is 0. The lowest BCUT2D eigenvalue weighted by Gasteiger charge is -2.21. The van der Waals surface area contributed by atoms with Gasteiger partial charge in [0.1, 0.15) is 0 Å². The molecule has 2 heteroatoms. The molecule has 0 saturated heterocycles. The molecule has 1 aromatic carbocycles. The molecule has 1 rings (SSSR count). The molecule has 120 valence electrons. The van der Waals surface area contributed by atoms with Gasteiger partial charge in [-0.05, 0) is 44.5 Å². The second-order valence-electron chi connectivity index (χ2n) is 6.01. The Kier molecular flexibility index (Phi) is 10.2. The van der Waals surface area contributed by atoms with Gasteiger partial charge < -0.3 is 10.6 Å². The SMILES string of the molecule is CCCCCCCN(CC)CCCC(N)c1ccccc1. The number of hydrogen-bond acceptors (Lipinski definition) is 2. The molecule has 21 heavy (non-hydrogen) atoms. The van der Waals surface area contributed by atoms with E-state index in [0.29, 0.717) is 0 Å². The molecular weight excluding hydrogens is 256 g/mol. The minimum absolute atomic E-state index is 0.189. The predicted octanol–water partition coefficient (Wildman–Crippen LogP) is 4.76. The van der Waals surface area contributed by atoms with Gasteiger partial charge in [-0.1, -0.05) is 69.9 Å². The fourth-order valence-corrected chi connectivity index (χ4v) is 2.77. The lowest BCUT2D eigenvalue weighted by atomic mass is 10.0. The molecule has 0 aliphatic heterocycles. The molecule has 0 amide bonds. The third-order valence-electron chi connectivity index (χ3n) is 4.24. The van der Waals surface area contributed by atoms with Crippen molar-refractivity contribution in [2.24, 2.45) is 5.73 Å². The second-order valence-corrected chi connectivity index (χ2v) is 6.01. The van der Waals surface area contributed by atoms with Gasteiger partial charge in [0.05, 0.1) is 0 Å². The van der Waals surface area contributed by atoms with Gasteiger partial charge >= 0.3 is 0 Å². The lowest BCUT2D eigenvalue weighted by molar-refractivity contribution is 0.272. The molecule has 1 unspecified atom stereocenters. The van der Waals surface area contributed by atoms with Crippen molar-refractivity contribution in [3.63, 3.8) is 0 Å². The highest BCUT2D eigenvalue weighted by Gasteiger charge is 2.07. The molecule has 0 saturated carbocycles. The van der Waals surface area contributed by atoms with Crippen LogP contribution in [-0.4, -0.2) is 24.5 Å². The van der Waals surface area contributed by atoms with Crippen molar-refractivity contribution in [3.05, 3.63) is 35.9 Å². The van der Waals surface area contributed by atoms with Crippen LogP contribution in [0.4, 0.5) is 0 Å². The normalized spacial score (nSPS) is 12.8. The Morgan fingerprint density at radius 3 is 2.24 bits per heavy atom. The maximum Gasteiger partial charge on any atom is 0.0295 e. The Labute approximate surface area is 131 Å². The van der Waals surface area contributed by atoms with Gasteiger partial charge in [0, 0.05) is 6.04 Å². The van der Waals surface area contributed by atoms with E-state index >= 15 is 0 Å². The maximum atomic E-state index is 6.26. The first-order valence-electron chi connectivity index (χ1n) is 8.80. The van der Waals surface area contributed by atoms with Crippen LogP contribution in [0.1, 0.15) is 70.4 Å². The summed E-state index contributed by atoms with van der Waals surface area (Å²) in [6, 6.07) is 10.7. The standard InChI is InChI=1S/C19H34N2/c1-3-5-6-7-11-16-21(4-2)17-12-15-19(20)18-13-9-8-10-14-18/h8-10,13-14,19H,3-7,11-12,15-17,20H2,1-2H3. The minimum atomic E-state index is 0.189. The average Bonchev–Trinajstić information content (AvgIpc) is 2.53. The molecule has 0 radical (unpaired) electrons. The Balaban J connectivity index is 2.14. The number of unbranched alkanes of at least 4 members (excludes halogenated alkanes) is 4. The highest BCUT2D eigenvalue weighted by Crippen LogP contribution is 2.15. The first kappa shape index (κ1) is 18.2. The quantitative estimate of drug-likeness (QED) is 0.562. The maximum absolute atomic E-state index is 6.26. The Bertz CT molecular complexity index is 337. The fourth-order valence-electron chi connectivity index (χ4n) is 2.77. The van der Waals surface area contributed by atoms with E-state index in [1.165, 1.54) is 57.2 Å². The van der Waals surface area contributed by atoms with Gasteiger partial charge in [0.25, 0.3) is 0 Å². The van der Waals surface area contributed by atoms with Crippen LogP contribution >= 0.6 is 0 Å². The van der Waals surface area contributed by atoms with Gasteiger partial charge in [0.15, 0.2) is 0 Å². The lowest BCUT2D eigenvalue weighted by Crippen LogP contribution is -2.26. The van der Waals surface area contributed by atoms with E-state index in [4.69, 9.17) is 5.73 Å². The summed E-state index contributed by atoms with van der Waals surface area (Å²) in [5.41, 5.74) is 7.52. The molecule has 0 spiro atoms. The van der Waals surface area contributed by atoms with Gasteiger partial charge in [0.2, 0.25) is 0 Å². The van der Waals surface area contributed by atoms with Gasteiger partial charge in [-0.3, -0.25) is 0 Å². The molecule has 0 heterocycles. The second kappa shape index (κ2) is 11.8. The Morgan fingerprint density at radius 2 is 1.57 bits per heavy atom. The van der Waals surface area contributed by atoms with E-state index in [0.717, 1.165) is 13.0 Å². The molecule has 1 aromatic rings. The highest BCUT2D eigenvalue weighted by atomic mass is 15.1. The predicted molar refractivity (Wildman–Crippen MR) is 93.5 cm³/mol. The van der Waals surface area contributed by atoms with Crippen molar-refractivity contribution < 1.29 is 0 Å². The summed E-state index contributed by atoms with van der Waals surface area (Å²) >= 11 is 0. The summed E-state index contributed by atoms with van der Waals surface area (Å²) < 4.78 is 0. The summed E-state index contributed by atoms with van der Waals surface area (Å²) in [6.45, 7) is 8.14. The van der Waals surface area contributed by atoms with Crippen LogP contribution in [0.25, 0.3) is 0 Å². The minimum Gasteiger partial charge on any atom is -0.324 e. The monoisotopic (exact) mass is 290 g/mol. The Morgan fingerprint density at radius 1 is 0.905 bits per heavy atom. The zero-order chi connectivity index (χ0) is 15.3. The van der Waals surface area contributed by atoms with E-state index in [1.807, 2.05) is 6.07 Å². The zero-order valence-corrected chi connectivity index (χ0v) is 14.1. The van der Waals surface area contributed by atoms with Crippen LogP contribution in [0.2, 0.25) is 0 Å². The summed E-state index contributed by atoms with van der Waals surface area (Å²) in [5.74, 6) is 0. The Hall–Kier alpha value is -0.860. The van der Waals surface area contributed by atoms with E-state index in [9.17, 15) is 0 Å². The van der Waals surface area contributed by atoms with E-state index in [-0.39, 0.29) is 6.04 Å². The smallest absolute Gasteiger partial charge is 0.0295 e. The van der Waals surface area contributed by atoms with Gasteiger partial charge in [-0.25, -0.2) is 0 Å². The first-order valence-corrected chi connectivity index (χ1v) is 8.80. The van der Waals surface area contributed by atoms with Crippen LogP contribution in [-0.2, 0) is 0 Å². The molecule has 2 nitrogen and oxygen atoms in total. The molecule has 2 N–H and O–H groups in total. The first-order chi connectivity index (χ1) is 10.3. The summed E-state index contributed by atoms with van der Waals surface area (Å²) in [7, 11) is 0. The van der Waals surface area contributed by atoms with Crippen LogP contribution in [0.5, 0.6) is 0 Å². The molecule has 0 aliphatic rings. The van der Waals surface area contributed by atoms with Crippen molar-refractivity contribution in [1.29, 1.82) is 0 Å². The number of benzene rings is 1. The summed E-state index contributed by atoms with van der Waals surface area (Å²) in [4.78, 5) is 2.57. The topological polar surface area (TPSA) is 29.3 Å². The number of nitrogens with zero attached hydrogens (tertiary/aromatic N) is 1. The summed E-state index contributed by atoms with van der Waals surface area (Å²) in [6.07, 6.45) is 9.11. The molecule has 0 aromatic heterocycles. The van der Waals surface area contributed by atoms with Crippen molar-refractivity contribution in [1.82, 2.24) is 4.90 Å². The molecule has 0 bridgehead atoms. The van der Waals surface area contributed by atoms with Gasteiger partial charge in [-0.15, -0.1) is 0 Å². The number of rotatable bonds is 12. The van der Waals surface area contributed by atoms with E-state index in [1.54, 1.807) is 0 Å². The van der Waals surface area contributed by atoms with Crippen molar-refractivity contribution in [2.75, 3.05) is 19.6 Å². The van der Waals surface area contributed by atoms with E-state index in [2.05, 4.69) is 43.0 Å². The van der Waals surface area contributed by atoms with Crippen molar-refractivity contribution in [3.8, 4) is 0 Å².